The van der Waals surface area contributed by atoms with Gasteiger partial charge < -0.3 is 10.4 Å². The van der Waals surface area contributed by atoms with Crippen LogP contribution in [0.1, 0.15) is 18.1 Å². The molecule has 2 aromatic carbocycles. The van der Waals surface area contributed by atoms with Crippen molar-refractivity contribution >= 4 is 23.2 Å². The summed E-state index contributed by atoms with van der Waals surface area (Å²) in [5.41, 5.74) is 1.95. The molecule has 0 aliphatic carbocycles. The quantitative estimate of drug-likeness (QED) is 0.742. The van der Waals surface area contributed by atoms with Gasteiger partial charge in [-0.3, -0.25) is 4.79 Å². The van der Waals surface area contributed by atoms with E-state index < -0.39 is 6.10 Å². The van der Waals surface area contributed by atoms with E-state index in [4.69, 9.17) is 11.6 Å². The fraction of sp³-hybridized carbons (Fsp3) is 0.125. The highest BCUT2D eigenvalue weighted by Gasteiger charge is 2.13. The van der Waals surface area contributed by atoms with Crippen LogP contribution in [0.3, 0.4) is 0 Å². The predicted octanol–water partition coefficient (Wildman–Crippen LogP) is 2.38. The number of hydrogen-bond acceptors (Lipinski definition) is 5. The third-order valence-corrected chi connectivity index (χ3v) is 3.63. The lowest BCUT2D eigenvalue weighted by molar-refractivity contribution is -0.118. The van der Waals surface area contributed by atoms with Gasteiger partial charge in [0.2, 0.25) is 5.91 Å². The molecule has 1 amide bonds. The number of nitrogens with zero attached hydrogens (tertiary/aromatic N) is 4. The lowest BCUT2D eigenvalue weighted by Crippen LogP contribution is -2.15. The Kier molecular flexibility index (Phi) is 4.83. The maximum atomic E-state index is 12.1. The average Bonchev–Trinajstić information content (AvgIpc) is 3.10. The fourth-order valence-electron chi connectivity index (χ4n) is 2.20. The van der Waals surface area contributed by atoms with E-state index in [1.807, 2.05) is 6.07 Å². The molecule has 122 valence electrons. The number of aliphatic hydroxyl groups excluding tert-OH is 1. The second-order valence-electron chi connectivity index (χ2n) is 5.12. The minimum absolute atomic E-state index is 0.0588. The number of carbonyl (C=O) groups excluding carboxylic acids is 1. The Morgan fingerprint density at radius 2 is 2.04 bits per heavy atom. The molecular weight excluding hydrogens is 330 g/mol. The monoisotopic (exact) mass is 343 g/mol. The lowest BCUT2D eigenvalue weighted by Gasteiger charge is -2.12. The van der Waals surface area contributed by atoms with Gasteiger partial charge >= 0.3 is 0 Å². The fourth-order valence-corrected chi connectivity index (χ4v) is 2.32. The van der Waals surface area contributed by atoms with Crippen molar-refractivity contribution in [3.05, 3.63) is 65.4 Å². The molecule has 0 radical (unpaired) electrons. The van der Waals surface area contributed by atoms with E-state index in [9.17, 15) is 9.90 Å². The Morgan fingerprint density at radius 3 is 2.75 bits per heavy atom. The first-order valence-electron chi connectivity index (χ1n) is 7.18. The normalized spacial score (nSPS) is 11.9. The summed E-state index contributed by atoms with van der Waals surface area (Å²) < 4.78 is 1.48. The summed E-state index contributed by atoms with van der Waals surface area (Å²) in [5, 5.41) is 24.4. The van der Waals surface area contributed by atoms with Crippen LogP contribution in [0.15, 0.2) is 54.9 Å². The number of amides is 1. The summed E-state index contributed by atoms with van der Waals surface area (Å²) in [6.45, 7) is 0. The van der Waals surface area contributed by atoms with Crippen LogP contribution < -0.4 is 5.32 Å². The molecule has 0 saturated heterocycles. The Morgan fingerprint density at radius 1 is 1.25 bits per heavy atom. The molecule has 0 spiro atoms. The first kappa shape index (κ1) is 16.1. The minimum Gasteiger partial charge on any atom is -0.388 e. The van der Waals surface area contributed by atoms with Gasteiger partial charge in [0.25, 0.3) is 0 Å². The summed E-state index contributed by atoms with van der Waals surface area (Å²) in [5.74, 6) is -0.300. The third-order valence-electron chi connectivity index (χ3n) is 3.38. The van der Waals surface area contributed by atoms with Crippen LogP contribution in [0.25, 0.3) is 5.69 Å². The first-order valence-corrected chi connectivity index (χ1v) is 7.56. The van der Waals surface area contributed by atoms with Crippen LogP contribution in [0.5, 0.6) is 0 Å². The standard InChI is InChI=1S/C16H14ClN5O2/c17-12-6-4-11(5-7-12)15(23)9-16(24)19-13-2-1-3-14(8-13)22-10-18-20-21-22/h1-8,10,15,23H,9H2,(H,19,24). The van der Waals surface area contributed by atoms with E-state index in [2.05, 4.69) is 20.8 Å². The number of halogens is 1. The number of tetrazole rings is 1. The first-order chi connectivity index (χ1) is 11.6. The summed E-state index contributed by atoms with van der Waals surface area (Å²) in [4.78, 5) is 12.1. The highest BCUT2D eigenvalue weighted by molar-refractivity contribution is 6.30. The molecule has 0 aliphatic heterocycles. The van der Waals surface area contributed by atoms with Gasteiger partial charge in [-0.05, 0) is 46.3 Å². The van der Waals surface area contributed by atoms with Crippen LogP contribution in [-0.4, -0.2) is 31.2 Å². The van der Waals surface area contributed by atoms with Gasteiger partial charge in [0.05, 0.1) is 18.2 Å². The van der Waals surface area contributed by atoms with E-state index in [0.717, 1.165) is 5.69 Å². The molecular formula is C16H14ClN5O2. The SMILES string of the molecule is O=C(CC(O)c1ccc(Cl)cc1)Nc1cccc(-n2cnnn2)c1. The van der Waals surface area contributed by atoms with Crippen LogP contribution >= 0.6 is 11.6 Å². The van der Waals surface area contributed by atoms with Crippen LogP contribution in [0.2, 0.25) is 5.02 Å². The Labute approximate surface area is 142 Å². The van der Waals surface area contributed by atoms with Crippen molar-refractivity contribution in [3.8, 4) is 5.69 Å². The van der Waals surface area contributed by atoms with Gasteiger partial charge in [-0.2, -0.15) is 0 Å². The van der Waals surface area contributed by atoms with Gasteiger partial charge in [0.1, 0.15) is 6.33 Å². The molecule has 0 saturated carbocycles. The van der Waals surface area contributed by atoms with Crippen molar-refractivity contribution < 1.29 is 9.90 Å². The molecule has 7 nitrogen and oxygen atoms in total. The topological polar surface area (TPSA) is 92.9 Å². The third kappa shape index (κ3) is 3.95. The van der Waals surface area contributed by atoms with E-state index in [1.54, 1.807) is 42.5 Å². The van der Waals surface area contributed by atoms with Gasteiger partial charge in [0.15, 0.2) is 0 Å². The zero-order chi connectivity index (χ0) is 16.9. The van der Waals surface area contributed by atoms with Crippen molar-refractivity contribution in [2.24, 2.45) is 0 Å². The highest BCUT2D eigenvalue weighted by atomic mass is 35.5. The van der Waals surface area contributed by atoms with Gasteiger partial charge in [-0.1, -0.05) is 29.8 Å². The molecule has 1 unspecified atom stereocenters. The number of aromatic nitrogens is 4. The van der Waals surface area contributed by atoms with Gasteiger partial charge in [-0.15, -0.1) is 5.10 Å². The number of benzene rings is 2. The maximum absolute atomic E-state index is 12.1. The molecule has 1 atom stereocenters. The molecule has 8 heteroatoms. The Balaban J connectivity index is 1.64. The number of rotatable bonds is 5. The van der Waals surface area contributed by atoms with E-state index in [-0.39, 0.29) is 12.3 Å². The van der Waals surface area contributed by atoms with Gasteiger partial charge in [0, 0.05) is 10.7 Å². The molecule has 2 N–H and O–H groups in total. The zero-order valence-corrected chi connectivity index (χ0v) is 13.3. The number of aliphatic hydroxyl groups is 1. The molecule has 3 aromatic rings. The van der Waals surface area contributed by atoms with Crippen LogP contribution in [0, 0.1) is 0 Å². The molecule has 3 rings (SSSR count). The second kappa shape index (κ2) is 7.20. The van der Waals surface area contributed by atoms with Crippen molar-refractivity contribution in [3.63, 3.8) is 0 Å². The van der Waals surface area contributed by atoms with Gasteiger partial charge in [-0.25, -0.2) is 4.68 Å². The Hall–Kier alpha value is -2.77. The predicted molar refractivity (Wildman–Crippen MR) is 88.8 cm³/mol. The largest absolute Gasteiger partial charge is 0.388 e. The Bertz CT molecular complexity index is 821. The van der Waals surface area contributed by atoms with Crippen molar-refractivity contribution in [1.82, 2.24) is 20.2 Å². The summed E-state index contributed by atoms with van der Waals surface area (Å²) in [7, 11) is 0. The highest BCUT2D eigenvalue weighted by Crippen LogP contribution is 2.20. The lowest BCUT2D eigenvalue weighted by atomic mass is 10.1. The molecule has 0 aliphatic rings. The van der Waals surface area contributed by atoms with Crippen molar-refractivity contribution in [2.75, 3.05) is 5.32 Å². The van der Waals surface area contributed by atoms with Crippen LogP contribution in [0.4, 0.5) is 5.69 Å². The van der Waals surface area contributed by atoms with Crippen LogP contribution in [-0.2, 0) is 4.79 Å². The van der Waals surface area contributed by atoms with E-state index in [1.165, 1.54) is 11.0 Å². The summed E-state index contributed by atoms with van der Waals surface area (Å²) in [6, 6.07) is 13.8. The number of anilines is 1. The number of nitrogens with one attached hydrogen (secondary N) is 1. The second-order valence-corrected chi connectivity index (χ2v) is 5.56. The van der Waals surface area contributed by atoms with Crippen molar-refractivity contribution in [2.45, 2.75) is 12.5 Å². The molecule has 1 aromatic heterocycles. The van der Waals surface area contributed by atoms with Crippen molar-refractivity contribution in [1.29, 1.82) is 0 Å². The zero-order valence-electron chi connectivity index (χ0n) is 12.5. The van der Waals surface area contributed by atoms with E-state index >= 15 is 0 Å². The smallest absolute Gasteiger partial charge is 0.227 e. The molecule has 0 bridgehead atoms. The molecule has 24 heavy (non-hydrogen) atoms. The number of carbonyl (C=O) groups is 1. The van der Waals surface area contributed by atoms with E-state index in [0.29, 0.717) is 16.3 Å². The average molecular weight is 344 g/mol. The minimum atomic E-state index is -0.898. The number of hydrogen-bond donors (Lipinski definition) is 2. The summed E-state index contributed by atoms with van der Waals surface area (Å²) >= 11 is 5.81. The molecule has 0 fully saturated rings. The molecule has 1 heterocycles. The summed E-state index contributed by atoms with van der Waals surface area (Å²) in [6.07, 6.45) is 0.507. The maximum Gasteiger partial charge on any atom is 0.227 e.